The van der Waals surface area contributed by atoms with E-state index in [0.29, 0.717) is 24.2 Å². The third-order valence-electron chi connectivity index (χ3n) is 0.909. The Bertz CT molecular complexity index is 106. The topological polar surface area (TPSA) is 0 Å². The summed E-state index contributed by atoms with van der Waals surface area (Å²) in [4.78, 5) is 0. The molecule has 0 nitrogen and oxygen atoms in total. The first-order valence-corrected chi connectivity index (χ1v) is 4.69. The fraction of sp³-hybridized carbons (Fsp3) is 0.500. The van der Waals surface area contributed by atoms with Gasteiger partial charge in [0.2, 0.25) is 0 Å². The van der Waals surface area contributed by atoms with Crippen LogP contribution >= 0.6 is 20.7 Å². The van der Waals surface area contributed by atoms with Crippen molar-refractivity contribution >= 4 is 24.7 Å². The predicted octanol–water partition coefficient (Wildman–Crippen LogP) is 2.11. The molecule has 1 rings (SSSR count). The van der Waals surface area contributed by atoms with Crippen molar-refractivity contribution in [2.75, 3.05) is 0 Å². The second-order valence-corrected chi connectivity index (χ2v) is 6.28. The summed E-state index contributed by atoms with van der Waals surface area (Å²) in [6.45, 7) is 4.58. The van der Waals surface area contributed by atoms with Crippen molar-refractivity contribution < 1.29 is 0 Å². The number of allylic oxidation sites excluding steroid dienone is 2. The third kappa shape index (κ3) is 1.37. The molecule has 1 heterocycles. The molecular weight excluding hydrogens is 199 g/mol. The molecule has 0 N–H and O–H groups in total. The van der Waals surface area contributed by atoms with Gasteiger partial charge in [-0.15, -0.1) is 20.7 Å². The van der Waals surface area contributed by atoms with Gasteiger partial charge in [-0.1, -0.05) is 12.2 Å². The van der Waals surface area contributed by atoms with Gasteiger partial charge in [0, 0.05) is 3.42 Å². The van der Waals surface area contributed by atoms with Crippen molar-refractivity contribution in [1.82, 2.24) is 0 Å². The van der Waals surface area contributed by atoms with Crippen molar-refractivity contribution in [2.24, 2.45) is 0 Å². The molecule has 0 aromatic carbocycles. The van der Waals surface area contributed by atoms with Crippen LogP contribution in [0, 0.1) is 0 Å². The molecule has 0 aromatic rings. The minimum absolute atomic E-state index is 0.360. The molecule has 0 fully saturated rings. The molecule has 0 atom stereocenters. The molecule has 7 heavy (non-hydrogen) atoms. The lowest BCUT2D eigenvalue weighted by Crippen LogP contribution is -2.00. The van der Waals surface area contributed by atoms with Gasteiger partial charge in [-0.25, -0.2) is 0 Å². The summed E-state index contributed by atoms with van der Waals surface area (Å²) < 4.78 is 2.89. The Morgan fingerprint density at radius 1 is 1.43 bits per heavy atom. The van der Waals surface area contributed by atoms with E-state index in [1.165, 1.54) is 0 Å². The molecule has 1 heteroatoms. The standard InChI is InChI=1S/C6H9I/c1-6(2)4-3-5-7-6/h3-5H,1-2H3. The Hall–Kier alpha value is 0.340. The zero-order chi connectivity index (χ0) is 5.33. The Morgan fingerprint density at radius 3 is 2.29 bits per heavy atom. The molecule has 0 spiro atoms. The maximum absolute atomic E-state index is 2.32. The largest absolute Gasteiger partial charge is 0.112 e. The van der Waals surface area contributed by atoms with Crippen molar-refractivity contribution in [3.05, 3.63) is 12.2 Å². The first-order chi connectivity index (χ1) is 3.21. The number of hydrogen-bond acceptors (Lipinski definition) is 0. The van der Waals surface area contributed by atoms with Gasteiger partial charge in [0.15, 0.2) is 0 Å². The van der Waals surface area contributed by atoms with E-state index in [9.17, 15) is 0 Å². The van der Waals surface area contributed by atoms with Crippen LogP contribution in [0.5, 0.6) is 0 Å². The van der Waals surface area contributed by atoms with Crippen LogP contribution in [0.1, 0.15) is 13.8 Å². The lowest BCUT2D eigenvalue weighted by atomic mass is 10.2. The van der Waals surface area contributed by atoms with Crippen LogP contribution in [-0.4, -0.2) is 7.43 Å². The second-order valence-electron chi connectivity index (χ2n) is 2.16. The van der Waals surface area contributed by atoms with Crippen LogP contribution in [0.3, 0.4) is 0 Å². The highest BCUT2D eigenvalue weighted by Gasteiger charge is 2.10. The van der Waals surface area contributed by atoms with Gasteiger partial charge >= 0.3 is 0 Å². The molecule has 1 aliphatic rings. The minimum Gasteiger partial charge on any atom is -0.112 e. The van der Waals surface area contributed by atoms with Crippen LogP contribution in [-0.2, 0) is 0 Å². The third-order valence-corrected chi connectivity index (χ3v) is 3.65. The van der Waals surface area contributed by atoms with Crippen LogP contribution in [0.2, 0.25) is 0 Å². The van der Waals surface area contributed by atoms with Crippen molar-refractivity contribution in [1.29, 1.82) is 0 Å². The van der Waals surface area contributed by atoms with Gasteiger partial charge in [-0.3, -0.25) is 0 Å². The number of halogens is 1. The maximum atomic E-state index is 2.32. The molecule has 0 radical (unpaired) electrons. The van der Waals surface area contributed by atoms with Gasteiger partial charge in [0.05, 0.1) is 0 Å². The van der Waals surface area contributed by atoms with E-state index in [0.717, 1.165) is 0 Å². The first-order valence-electron chi connectivity index (χ1n) is 2.36. The van der Waals surface area contributed by atoms with Crippen LogP contribution < -0.4 is 0 Å². The van der Waals surface area contributed by atoms with Gasteiger partial charge in [-0.05, 0) is 17.9 Å². The van der Waals surface area contributed by atoms with Gasteiger partial charge in [0.1, 0.15) is 0 Å². The van der Waals surface area contributed by atoms with E-state index in [1.54, 1.807) is 0 Å². The normalized spacial score (nSPS) is 24.9. The molecule has 0 aliphatic carbocycles. The minimum atomic E-state index is 0.360. The highest BCUT2D eigenvalue weighted by atomic mass is 127. The van der Waals surface area contributed by atoms with Crippen molar-refractivity contribution in [3.63, 3.8) is 0 Å². The summed E-state index contributed by atoms with van der Waals surface area (Å²) in [7, 11) is 0. The average molecular weight is 208 g/mol. The Morgan fingerprint density at radius 2 is 2.14 bits per heavy atom. The molecule has 0 saturated heterocycles. The van der Waals surface area contributed by atoms with Crippen molar-refractivity contribution in [2.45, 2.75) is 17.3 Å². The molecule has 40 valence electrons. The molecule has 0 amide bonds. The number of alkyl halides is 1. The van der Waals surface area contributed by atoms with E-state index in [4.69, 9.17) is 0 Å². The number of rotatable bonds is 0. The number of hydrogen-bond donors (Lipinski definition) is 0. The predicted molar refractivity (Wildman–Crippen MR) is 43.3 cm³/mol. The second kappa shape index (κ2) is 1.69. The Balaban J connectivity index is 2.77. The zero-order valence-electron chi connectivity index (χ0n) is 4.61. The van der Waals surface area contributed by atoms with E-state index < -0.39 is 0 Å². The quantitative estimate of drug-likeness (QED) is 0.422. The highest BCUT2D eigenvalue weighted by molar-refractivity contribution is 14.2. The maximum Gasteiger partial charge on any atom is 0.0300 e. The average Bonchev–Trinajstić information content (AvgIpc) is 1.84. The van der Waals surface area contributed by atoms with Crippen LogP contribution in [0.25, 0.3) is 0 Å². The monoisotopic (exact) mass is 208 g/mol. The van der Waals surface area contributed by atoms with Gasteiger partial charge < -0.3 is 0 Å². The van der Waals surface area contributed by atoms with Crippen LogP contribution in [0.4, 0.5) is 0 Å². The summed E-state index contributed by atoms with van der Waals surface area (Å²) in [6.07, 6.45) is 4.48. The lowest BCUT2D eigenvalue weighted by molar-refractivity contribution is 0.948. The van der Waals surface area contributed by atoms with Gasteiger partial charge in [0.25, 0.3) is 0 Å². The van der Waals surface area contributed by atoms with E-state index >= 15 is 0 Å². The smallest absolute Gasteiger partial charge is 0.0300 e. The molecule has 0 aromatic heterocycles. The summed E-state index contributed by atoms with van der Waals surface area (Å²) in [6, 6.07) is 0. The van der Waals surface area contributed by atoms with E-state index in [2.05, 4.69) is 30.0 Å². The summed E-state index contributed by atoms with van der Waals surface area (Å²) in [5.41, 5.74) is 0. The van der Waals surface area contributed by atoms with Crippen molar-refractivity contribution in [3.8, 4) is 0 Å². The lowest BCUT2D eigenvalue weighted by Gasteiger charge is -2.06. The first kappa shape index (κ1) is 5.48. The molecule has 0 unspecified atom stereocenters. The fourth-order valence-corrected chi connectivity index (χ4v) is 2.26. The van der Waals surface area contributed by atoms with E-state index in [-0.39, 0.29) is 0 Å². The summed E-state index contributed by atoms with van der Waals surface area (Å²) >= 11 is 0.360. The SMILES string of the molecule is CC1(C)C=CC=I1. The zero-order valence-corrected chi connectivity index (χ0v) is 6.77. The summed E-state index contributed by atoms with van der Waals surface area (Å²) in [5, 5.41) is 0. The molecule has 1 aliphatic heterocycles. The van der Waals surface area contributed by atoms with Crippen LogP contribution in [0.15, 0.2) is 12.2 Å². The fourth-order valence-electron chi connectivity index (χ4n) is 0.500. The highest BCUT2D eigenvalue weighted by Crippen LogP contribution is 2.28. The molecule has 0 saturated carbocycles. The van der Waals surface area contributed by atoms with E-state index in [1.807, 2.05) is 0 Å². The van der Waals surface area contributed by atoms with Gasteiger partial charge in [-0.2, -0.15) is 0 Å². The Labute approximate surface area is 54.4 Å². The molecular formula is C6H9I. The summed E-state index contributed by atoms with van der Waals surface area (Å²) in [5.74, 6) is 0. The molecule has 0 bridgehead atoms. The Kier molecular flexibility index (Phi) is 1.32.